The first-order valence-electron chi connectivity index (χ1n) is 11.4. The number of rotatable bonds is 4. The number of nitriles is 1. The molecule has 1 unspecified atom stereocenters. The lowest BCUT2D eigenvalue weighted by Gasteiger charge is -2.38. The van der Waals surface area contributed by atoms with Gasteiger partial charge in [-0.1, -0.05) is 17.8 Å². The summed E-state index contributed by atoms with van der Waals surface area (Å²) in [6, 6.07) is 5.86. The molecule has 11 heteroatoms. The van der Waals surface area contributed by atoms with Crippen LogP contribution in [0, 0.1) is 23.0 Å². The van der Waals surface area contributed by atoms with E-state index in [0.717, 1.165) is 35.9 Å². The first-order valence-corrected chi connectivity index (χ1v) is 12.3. The fourth-order valence-electron chi connectivity index (χ4n) is 5.27. The molecule has 0 spiro atoms. The van der Waals surface area contributed by atoms with Crippen LogP contribution in [-0.4, -0.2) is 30.0 Å². The molecule has 3 aliphatic rings. The summed E-state index contributed by atoms with van der Waals surface area (Å²) in [5.41, 5.74) is 20.7. The van der Waals surface area contributed by atoms with E-state index in [4.69, 9.17) is 17.2 Å². The lowest BCUT2D eigenvalue weighted by molar-refractivity contribution is -0.114. The zero-order valence-electron chi connectivity index (χ0n) is 18.9. The van der Waals surface area contributed by atoms with Crippen molar-refractivity contribution in [2.24, 2.45) is 17.2 Å². The van der Waals surface area contributed by atoms with Crippen LogP contribution in [0.4, 0.5) is 20.2 Å². The van der Waals surface area contributed by atoms with Gasteiger partial charge in [0.05, 0.1) is 45.8 Å². The average Bonchev–Trinajstić information content (AvgIpc) is 3.38. The first kappa shape index (κ1) is 23.4. The van der Waals surface area contributed by atoms with Gasteiger partial charge >= 0.3 is 0 Å². The SMILES string of the molecule is N#C[C@@H]1CCc2c1ncc(N1C(C(N)=O)=C(N)SC1c1c(F)cccc1F)c2N1CCC[C@H](N)C1. The largest absolute Gasteiger partial charge is 0.392 e. The number of carbonyl (C=O) groups excluding carboxylic acids is 1. The summed E-state index contributed by atoms with van der Waals surface area (Å²) in [6.07, 6.45) is 4.52. The first-order chi connectivity index (χ1) is 16.8. The van der Waals surface area contributed by atoms with Crippen molar-refractivity contribution in [1.29, 1.82) is 5.26 Å². The maximum atomic E-state index is 14.9. The van der Waals surface area contributed by atoms with Gasteiger partial charge in [0.15, 0.2) is 0 Å². The van der Waals surface area contributed by atoms with Crippen molar-refractivity contribution in [2.75, 3.05) is 22.9 Å². The molecule has 8 nitrogen and oxygen atoms in total. The molecule has 1 aromatic carbocycles. The maximum absolute atomic E-state index is 14.9. The number of thioether (sulfide) groups is 1. The quantitative estimate of drug-likeness (QED) is 0.586. The van der Waals surface area contributed by atoms with Crippen LogP contribution in [0.25, 0.3) is 0 Å². The number of pyridine rings is 1. The number of carbonyl (C=O) groups is 1. The van der Waals surface area contributed by atoms with Crippen LogP contribution >= 0.6 is 11.8 Å². The van der Waals surface area contributed by atoms with Gasteiger partial charge in [-0.25, -0.2) is 8.78 Å². The van der Waals surface area contributed by atoms with E-state index in [1.54, 1.807) is 6.20 Å². The van der Waals surface area contributed by atoms with Crippen molar-refractivity contribution in [1.82, 2.24) is 4.98 Å². The molecule has 1 aromatic heterocycles. The Kier molecular flexibility index (Phi) is 6.02. The van der Waals surface area contributed by atoms with Crippen LogP contribution in [0.3, 0.4) is 0 Å². The Labute approximate surface area is 205 Å². The minimum Gasteiger partial charge on any atom is -0.392 e. The smallest absolute Gasteiger partial charge is 0.268 e. The highest BCUT2D eigenvalue weighted by Crippen LogP contribution is 2.53. The second-order valence-corrected chi connectivity index (χ2v) is 10.1. The van der Waals surface area contributed by atoms with Crippen molar-refractivity contribution in [2.45, 2.75) is 43.0 Å². The number of hydrogen-bond acceptors (Lipinski definition) is 8. The molecule has 2 aliphatic heterocycles. The predicted molar refractivity (Wildman–Crippen MR) is 130 cm³/mol. The van der Waals surface area contributed by atoms with Crippen molar-refractivity contribution in [3.63, 3.8) is 0 Å². The Balaban J connectivity index is 1.74. The van der Waals surface area contributed by atoms with Gasteiger partial charge in [-0.3, -0.25) is 9.78 Å². The fourth-order valence-corrected chi connectivity index (χ4v) is 6.49. The molecule has 182 valence electrons. The molecular weight excluding hydrogens is 472 g/mol. The standard InChI is InChI=1S/C24H25F2N7OS/c25-15-4-1-5-16(26)18(15)24-33(21(22(29)34)23(30)35-24)17-10-31-19-12(9-27)6-7-14(19)20(17)32-8-2-3-13(28)11-32/h1,4-5,10,12-13,24H,2-3,6-8,11,28,30H2,(H2,29,34)/t12-,13-,24?/m0/s1. The summed E-state index contributed by atoms with van der Waals surface area (Å²) < 4.78 is 29.9. The number of nitrogens with two attached hydrogens (primary N) is 3. The second-order valence-electron chi connectivity index (χ2n) is 8.98. The van der Waals surface area contributed by atoms with Crippen molar-refractivity contribution >= 4 is 29.0 Å². The van der Waals surface area contributed by atoms with E-state index >= 15 is 0 Å². The minimum absolute atomic E-state index is 0.0400. The highest BCUT2D eigenvalue weighted by molar-refractivity contribution is 8.03. The number of anilines is 2. The number of aromatic nitrogens is 1. The predicted octanol–water partition coefficient (Wildman–Crippen LogP) is 2.71. The van der Waals surface area contributed by atoms with Crippen LogP contribution in [0.1, 0.15) is 47.4 Å². The third-order valence-corrected chi connectivity index (χ3v) is 7.91. The van der Waals surface area contributed by atoms with Crippen molar-refractivity contribution < 1.29 is 13.6 Å². The maximum Gasteiger partial charge on any atom is 0.268 e. The summed E-state index contributed by atoms with van der Waals surface area (Å²) >= 11 is 0.960. The second kappa shape index (κ2) is 9.02. The fraction of sp³-hybridized carbons (Fsp3) is 0.375. The Bertz CT molecular complexity index is 1260. The molecule has 5 rings (SSSR count). The molecule has 1 amide bonds. The normalized spacial score (nSPS) is 24.0. The Hall–Kier alpha value is -3.36. The van der Waals surface area contributed by atoms with E-state index in [1.807, 2.05) is 0 Å². The summed E-state index contributed by atoms with van der Waals surface area (Å²) in [7, 11) is 0. The number of halogens is 2. The molecule has 2 aromatic rings. The van der Waals surface area contributed by atoms with Gasteiger partial charge in [0.2, 0.25) is 0 Å². The van der Waals surface area contributed by atoms with Gasteiger partial charge in [0, 0.05) is 24.7 Å². The summed E-state index contributed by atoms with van der Waals surface area (Å²) in [5.74, 6) is -2.68. The molecule has 3 heterocycles. The Morgan fingerprint density at radius 1 is 1.26 bits per heavy atom. The van der Waals surface area contributed by atoms with Crippen LogP contribution in [0.15, 0.2) is 35.1 Å². The van der Waals surface area contributed by atoms with Crippen LogP contribution in [0.2, 0.25) is 0 Å². The zero-order chi connectivity index (χ0) is 24.9. The topological polar surface area (TPSA) is 138 Å². The van der Waals surface area contributed by atoms with E-state index in [9.17, 15) is 18.8 Å². The number of hydrogen-bond donors (Lipinski definition) is 3. The molecule has 1 fully saturated rings. The third kappa shape index (κ3) is 3.86. The van der Waals surface area contributed by atoms with Crippen LogP contribution in [-0.2, 0) is 11.2 Å². The van der Waals surface area contributed by atoms with E-state index in [2.05, 4.69) is 16.0 Å². The van der Waals surface area contributed by atoms with Gasteiger partial charge in [-0.05, 0) is 37.8 Å². The van der Waals surface area contributed by atoms with Gasteiger partial charge in [-0.2, -0.15) is 5.26 Å². The van der Waals surface area contributed by atoms with Crippen LogP contribution in [0.5, 0.6) is 0 Å². The van der Waals surface area contributed by atoms with Crippen LogP contribution < -0.4 is 27.0 Å². The number of piperidine rings is 1. The number of fused-ring (bicyclic) bond motifs is 1. The number of amides is 1. The van der Waals surface area contributed by atoms with E-state index in [1.165, 1.54) is 23.1 Å². The molecule has 0 radical (unpaired) electrons. The van der Waals surface area contributed by atoms with E-state index < -0.39 is 22.9 Å². The van der Waals surface area contributed by atoms with Gasteiger partial charge in [0.25, 0.3) is 5.91 Å². The van der Waals surface area contributed by atoms with Crippen molar-refractivity contribution in [3.8, 4) is 6.07 Å². The average molecular weight is 498 g/mol. The Morgan fingerprint density at radius 3 is 2.66 bits per heavy atom. The molecule has 0 bridgehead atoms. The molecule has 35 heavy (non-hydrogen) atoms. The van der Waals surface area contributed by atoms with Gasteiger partial charge in [-0.15, -0.1) is 0 Å². The molecule has 3 atom stereocenters. The lowest BCUT2D eigenvalue weighted by atomic mass is 10.0. The third-order valence-electron chi connectivity index (χ3n) is 6.79. The highest BCUT2D eigenvalue weighted by atomic mass is 32.2. The lowest BCUT2D eigenvalue weighted by Crippen LogP contribution is -2.44. The number of primary amides is 1. The van der Waals surface area contributed by atoms with E-state index in [-0.39, 0.29) is 28.2 Å². The number of nitrogens with zero attached hydrogens (tertiary/aromatic N) is 4. The zero-order valence-corrected chi connectivity index (χ0v) is 19.7. The van der Waals surface area contributed by atoms with Gasteiger partial charge < -0.3 is 27.0 Å². The molecule has 1 saturated heterocycles. The summed E-state index contributed by atoms with van der Waals surface area (Å²) in [5, 5.41) is 8.69. The minimum atomic E-state index is -1.01. The molecule has 0 saturated carbocycles. The monoisotopic (exact) mass is 497 g/mol. The van der Waals surface area contributed by atoms with Crippen molar-refractivity contribution in [3.05, 3.63) is 63.6 Å². The summed E-state index contributed by atoms with van der Waals surface area (Å²) in [6.45, 7) is 1.27. The van der Waals surface area contributed by atoms with Gasteiger partial charge in [0.1, 0.15) is 22.7 Å². The van der Waals surface area contributed by atoms with E-state index in [0.29, 0.717) is 37.3 Å². The molecule has 6 N–H and O–H groups in total. The number of benzene rings is 1. The molecule has 1 aliphatic carbocycles. The Morgan fingerprint density at radius 2 is 2.00 bits per heavy atom. The summed E-state index contributed by atoms with van der Waals surface area (Å²) in [4.78, 5) is 20.8. The molecular formula is C24H25F2N7OS. The highest BCUT2D eigenvalue weighted by Gasteiger charge is 2.42.